The second kappa shape index (κ2) is 7.80. The van der Waals surface area contributed by atoms with Gasteiger partial charge in [0.1, 0.15) is 5.60 Å². The Morgan fingerprint density at radius 2 is 1.73 bits per heavy atom. The highest BCUT2D eigenvalue weighted by molar-refractivity contribution is 5.93. The Kier molecular flexibility index (Phi) is 6.38. The summed E-state index contributed by atoms with van der Waals surface area (Å²) in [5, 5.41) is 14.9. The number of nitrogens with zero attached hydrogens (tertiary/aromatic N) is 1. The predicted molar refractivity (Wildman–Crippen MR) is 89.7 cm³/mol. The lowest BCUT2D eigenvalue weighted by Crippen LogP contribution is -2.50. The lowest BCUT2D eigenvalue weighted by atomic mass is 9.80. The number of hydrogen-bond acceptors (Lipinski definition) is 4. The molecule has 1 aromatic carbocycles. The van der Waals surface area contributed by atoms with Gasteiger partial charge in [-0.1, -0.05) is 30.4 Å². The summed E-state index contributed by atoms with van der Waals surface area (Å²) in [5.41, 5.74) is -1.28. The molecule has 1 N–H and O–H groups in total. The number of rotatable bonds is 8. The molecular weight excluding hydrogens is 278 g/mol. The van der Waals surface area contributed by atoms with Crippen LogP contribution in [0.4, 0.5) is 0 Å². The SMILES string of the molecule is C=CCC(O)(CC=C)C(C)(C)O/N=C(\OC)c1ccccc1. The van der Waals surface area contributed by atoms with Crippen LogP contribution in [-0.4, -0.2) is 29.3 Å². The van der Waals surface area contributed by atoms with Crippen LogP contribution in [0, 0.1) is 0 Å². The van der Waals surface area contributed by atoms with Crippen LogP contribution in [0.3, 0.4) is 0 Å². The second-order valence-corrected chi connectivity index (χ2v) is 5.59. The summed E-state index contributed by atoms with van der Waals surface area (Å²) in [4.78, 5) is 5.62. The molecule has 0 aromatic heterocycles. The number of ether oxygens (including phenoxy) is 1. The number of hydrogen-bond donors (Lipinski definition) is 1. The zero-order valence-electron chi connectivity index (χ0n) is 13.6. The molecule has 0 spiro atoms. The lowest BCUT2D eigenvalue weighted by molar-refractivity contribution is -0.163. The van der Waals surface area contributed by atoms with Gasteiger partial charge in [0.15, 0.2) is 5.60 Å². The minimum atomic E-state index is -1.14. The van der Waals surface area contributed by atoms with E-state index in [2.05, 4.69) is 18.3 Å². The molecule has 0 bridgehead atoms. The Labute approximate surface area is 132 Å². The zero-order chi connectivity index (χ0) is 16.6. The summed E-state index contributed by atoms with van der Waals surface area (Å²) in [6.45, 7) is 10.9. The van der Waals surface area contributed by atoms with Crippen molar-refractivity contribution in [2.45, 2.75) is 37.9 Å². The molecule has 1 rings (SSSR count). The molecule has 0 radical (unpaired) electrons. The average molecular weight is 303 g/mol. The summed E-state index contributed by atoms with van der Waals surface area (Å²) < 4.78 is 5.27. The van der Waals surface area contributed by atoms with Crippen LogP contribution < -0.4 is 0 Å². The Hall–Kier alpha value is -2.07. The Bertz CT molecular complexity index is 510. The Morgan fingerprint density at radius 1 is 1.18 bits per heavy atom. The third-order valence-electron chi connectivity index (χ3n) is 3.66. The van der Waals surface area contributed by atoms with Gasteiger partial charge in [-0.2, -0.15) is 0 Å². The summed E-state index contributed by atoms with van der Waals surface area (Å²) in [6, 6.07) is 9.44. The smallest absolute Gasteiger partial charge is 0.257 e. The number of benzene rings is 1. The van der Waals surface area contributed by atoms with Gasteiger partial charge in [0.25, 0.3) is 5.90 Å². The second-order valence-electron chi connectivity index (χ2n) is 5.59. The van der Waals surface area contributed by atoms with Crippen LogP contribution in [0.25, 0.3) is 0 Å². The van der Waals surface area contributed by atoms with Crippen molar-refractivity contribution in [2.24, 2.45) is 5.16 Å². The molecule has 0 aliphatic carbocycles. The number of oxime groups is 1. The molecule has 0 fully saturated rings. The first-order valence-electron chi connectivity index (χ1n) is 7.20. The highest BCUT2D eigenvalue weighted by Crippen LogP contribution is 2.33. The van der Waals surface area contributed by atoms with Crippen molar-refractivity contribution in [3.63, 3.8) is 0 Å². The van der Waals surface area contributed by atoms with E-state index in [0.29, 0.717) is 18.7 Å². The molecule has 0 aliphatic heterocycles. The molecule has 0 aliphatic rings. The van der Waals surface area contributed by atoms with Crippen molar-refractivity contribution in [2.75, 3.05) is 7.11 Å². The summed E-state index contributed by atoms with van der Waals surface area (Å²) in [7, 11) is 1.53. The van der Waals surface area contributed by atoms with Crippen LogP contribution >= 0.6 is 0 Å². The van der Waals surface area contributed by atoms with E-state index in [1.807, 2.05) is 30.3 Å². The van der Waals surface area contributed by atoms with Gasteiger partial charge >= 0.3 is 0 Å². The maximum absolute atomic E-state index is 10.8. The van der Waals surface area contributed by atoms with Crippen LogP contribution in [0.1, 0.15) is 32.3 Å². The molecule has 0 atom stereocenters. The number of aliphatic hydroxyl groups is 1. The molecule has 0 saturated carbocycles. The summed E-state index contributed by atoms with van der Waals surface area (Å²) in [6.07, 6.45) is 4.06. The molecule has 1 aromatic rings. The standard InChI is InChI=1S/C18H25NO3/c1-6-13-18(20,14-7-2)17(3,4)22-19-16(21-5)15-11-9-8-10-12-15/h6-12,20H,1-2,13-14H2,3-5H3/b19-16-. The van der Waals surface area contributed by atoms with Gasteiger partial charge < -0.3 is 14.7 Å². The Morgan fingerprint density at radius 3 is 2.18 bits per heavy atom. The first kappa shape index (κ1) is 18.0. The van der Waals surface area contributed by atoms with E-state index in [1.165, 1.54) is 7.11 Å². The number of methoxy groups -OCH3 is 1. The Balaban J connectivity index is 3.00. The van der Waals surface area contributed by atoms with Crippen molar-refractivity contribution < 1.29 is 14.7 Å². The first-order chi connectivity index (χ1) is 10.4. The molecule has 0 heterocycles. The fraction of sp³-hybridized carbons (Fsp3) is 0.389. The van der Waals surface area contributed by atoms with Gasteiger partial charge in [-0.3, -0.25) is 0 Å². The van der Waals surface area contributed by atoms with Gasteiger partial charge in [-0.25, -0.2) is 0 Å². The topological polar surface area (TPSA) is 51.0 Å². The third-order valence-corrected chi connectivity index (χ3v) is 3.66. The van der Waals surface area contributed by atoms with Crippen molar-refractivity contribution in [3.8, 4) is 0 Å². The molecule has 0 unspecified atom stereocenters. The predicted octanol–water partition coefficient (Wildman–Crippen LogP) is 3.67. The van der Waals surface area contributed by atoms with E-state index in [1.54, 1.807) is 26.0 Å². The van der Waals surface area contributed by atoms with Crippen LogP contribution in [-0.2, 0) is 9.57 Å². The normalized spacial score (nSPS) is 12.6. The minimum absolute atomic E-state index is 0.355. The quantitative estimate of drug-likeness (QED) is 0.345. The molecule has 4 nitrogen and oxygen atoms in total. The highest BCUT2D eigenvalue weighted by atomic mass is 16.7. The lowest BCUT2D eigenvalue weighted by Gasteiger charge is -2.39. The van der Waals surface area contributed by atoms with E-state index in [0.717, 1.165) is 5.56 Å². The zero-order valence-corrected chi connectivity index (χ0v) is 13.6. The monoisotopic (exact) mass is 303 g/mol. The first-order valence-corrected chi connectivity index (χ1v) is 7.20. The largest absolute Gasteiger partial charge is 0.479 e. The average Bonchev–Trinajstić information content (AvgIpc) is 2.49. The van der Waals surface area contributed by atoms with E-state index < -0.39 is 11.2 Å². The van der Waals surface area contributed by atoms with Gasteiger partial charge in [0, 0.05) is 5.56 Å². The summed E-state index contributed by atoms with van der Waals surface area (Å²) in [5.74, 6) is 0.355. The van der Waals surface area contributed by atoms with Crippen molar-refractivity contribution in [3.05, 3.63) is 61.2 Å². The fourth-order valence-electron chi connectivity index (χ4n) is 2.08. The molecule has 0 amide bonds. The summed E-state index contributed by atoms with van der Waals surface area (Å²) >= 11 is 0. The van der Waals surface area contributed by atoms with Crippen LogP contribution in [0.5, 0.6) is 0 Å². The highest BCUT2D eigenvalue weighted by Gasteiger charge is 2.44. The van der Waals surface area contributed by atoms with Gasteiger partial charge in [0.05, 0.1) is 7.11 Å². The van der Waals surface area contributed by atoms with E-state index in [9.17, 15) is 5.11 Å². The molecule has 22 heavy (non-hydrogen) atoms. The van der Waals surface area contributed by atoms with E-state index in [4.69, 9.17) is 9.57 Å². The maximum Gasteiger partial charge on any atom is 0.257 e. The van der Waals surface area contributed by atoms with E-state index >= 15 is 0 Å². The van der Waals surface area contributed by atoms with Crippen LogP contribution in [0.2, 0.25) is 0 Å². The molecule has 4 heteroatoms. The third kappa shape index (κ3) is 4.21. The molecule has 120 valence electrons. The van der Waals surface area contributed by atoms with Gasteiger partial charge in [-0.05, 0) is 44.0 Å². The van der Waals surface area contributed by atoms with Crippen LogP contribution in [0.15, 0.2) is 60.8 Å². The fourth-order valence-corrected chi connectivity index (χ4v) is 2.08. The van der Waals surface area contributed by atoms with Crippen molar-refractivity contribution in [1.82, 2.24) is 0 Å². The molecule has 0 saturated heterocycles. The molecular formula is C18H25NO3. The van der Waals surface area contributed by atoms with Crippen molar-refractivity contribution >= 4 is 5.90 Å². The minimum Gasteiger partial charge on any atom is -0.479 e. The van der Waals surface area contributed by atoms with Crippen molar-refractivity contribution in [1.29, 1.82) is 0 Å². The maximum atomic E-state index is 10.8. The van der Waals surface area contributed by atoms with Gasteiger partial charge in [-0.15, -0.1) is 13.2 Å². The van der Waals surface area contributed by atoms with E-state index in [-0.39, 0.29) is 0 Å². The van der Waals surface area contributed by atoms with Gasteiger partial charge in [0.2, 0.25) is 0 Å².